The molecule has 0 unspecified atom stereocenters. The van der Waals surface area contributed by atoms with Gasteiger partial charge in [0, 0.05) is 12.1 Å². The molecule has 0 heterocycles. The van der Waals surface area contributed by atoms with Gasteiger partial charge >= 0.3 is 0 Å². The molecule has 0 aromatic rings. The maximum atomic E-state index is 9.77. The lowest BCUT2D eigenvalue weighted by Gasteiger charge is -2.31. The third-order valence-corrected chi connectivity index (χ3v) is 3.53. The van der Waals surface area contributed by atoms with Gasteiger partial charge in [0.15, 0.2) is 0 Å². The number of nitrogens with one attached hydrogen (secondary N) is 1. The molecule has 2 heteroatoms. The van der Waals surface area contributed by atoms with E-state index in [9.17, 15) is 5.11 Å². The fourth-order valence-electron chi connectivity index (χ4n) is 2.70. The highest BCUT2D eigenvalue weighted by molar-refractivity contribution is 4.85. The summed E-state index contributed by atoms with van der Waals surface area (Å²) in [6.45, 7) is 0. The molecular formula is C11H21NO. The first-order valence-corrected chi connectivity index (χ1v) is 5.80. The normalized spacial score (nSPS) is 36.7. The van der Waals surface area contributed by atoms with Crippen molar-refractivity contribution in [1.82, 2.24) is 5.32 Å². The van der Waals surface area contributed by atoms with E-state index in [-0.39, 0.29) is 6.10 Å². The summed E-state index contributed by atoms with van der Waals surface area (Å²) >= 11 is 0. The van der Waals surface area contributed by atoms with Crippen LogP contribution in [0.3, 0.4) is 0 Å². The van der Waals surface area contributed by atoms with Gasteiger partial charge in [-0.3, -0.25) is 0 Å². The molecule has 0 saturated heterocycles. The van der Waals surface area contributed by atoms with Gasteiger partial charge in [-0.2, -0.15) is 0 Å². The minimum atomic E-state index is -0.0747. The lowest BCUT2D eigenvalue weighted by Crippen LogP contribution is -2.46. The largest absolute Gasteiger partial charge is 0.392 e. The van der Waals surface area contributed by atoms with Crippen molar-refractivity contribution in [2.75, 3.05) is 0 Å². The van der Waals surface area contributed by atoms with Crippen LogP contribution in [0.5, 0.6) is 0 Å². The van der Waals surface area contributed by atoms with E-state index in [2.05, 4.69) is 5.32 Å². The predicted octanol–water partition coefficient (Wildman–Crippen LogP) is 1.82. The van der Waals surface area contributed by atoms with Gasteiger partial charge < -0.3 is 10.4 Å². The van der Waals surface area contributed by atoms with Gasteiger partial charge in [-0.15, -0.1) is 0 Å². The number of hydrogen-bond donors (Lipinski definition) is 2. The van der Waals surface area contributed by atoms with Gasteiger partial charge in [0.25, 0.3) is 0 Å². The van der Waals surface area contributed by atoms with E-state index in [0.29, 0.717) is 12.1 Å². The van der Waals surface area contributed by atoms with Crippen LogP contribution in [0.4, 0.5) is 0 Å². The second kappa shape index (κ2) is 4.43. The summed E-state index contributed by atoms with van der Waals surface area (Å²) in [5.74, 6) is 0. The first-order valence-electron chi connectivity index (χ1n) is 5.80. The Morgan fingerprint density at radius 2 is 1.46 bits per heavy atom. The van der Waals surface area contributed by atoms with Crippen LogP contribution < -0.4 is 5.32 Å². The lowest BCUT2D eigenvalue weighted by molar-refractivity contribution is 0.0852. The van der Waals surface area contributed by atoms with Crippen molar-refractivity contribution < 1.29 is 5.11 Å². The number of hydrogen-bond acceptors (Lipinski definition) is 2. The van der Waals surface area contributed by atoms with Gasteiger partial charge in [0.2, 0.25) is 0 Å². The summed E-state index contributed by atoms with van der Waals surface area (Å²) in [6.07, 6.45) is 10.0. The monoisotopic (exact) mass is 183 g/mol. The molecule has 2 nitrogen and oxygen atoms in total. The Hall–Kier alpha value is -0.0800. The molecule has 13 heavy (non-hydrogen) atoms. The molecule has 2 saturated carbocycles. The Kier molecular flexibility index (Phi) is 3.23. The molecule has 2 aliphatic carbocycles. The lowest BCUT2D eigenvalue weighted by atomic mass is 9.92. The minimum absolute atomic E-state index is 0.0747. The second-order valence-electron chi connectivity index (χ2n) is 4.61. The number of aliphatic hydroxyl groups excluding tert-OH is 1. The summed E-state index contributed by atoms with van der Waals surface area (Å²) in [7, 11) is 0. The van der Waals surface area contributed by atoms with Crippen molar-refractivity contribution in [2.45, 2.75) is 69.6 Å². The standard InChI is InChI=1S/C11H21NO/c13-11-8-4-3-7-10(11)12-9-5-1-2-6-9/h9-13H,1-8H2/t10-,11-/m0/s1. The van der Waals surface area contributed by atoms with Gasteiger partial charge in [0.1, 0.15) is 0 Å². The summed E-state index contributed by atoms with van der Waals surface area (Å²) in [5.41, 5.74) is 0. The number of aliphatic hydroxyl groups is 1. The van der Waals surface area contributed by atoms with Gasteiger partial charge in [0.05, 0.1) is 6.10 Å². The molecule has 2 aliphatic rings. The maximum absolute atomic E-state index is 9.77. The van der Waals surface area contributed by atoms with Crippen LogP contribution >= 0.6 is 0 Å². The zero-order chi connectivity index (χ0) is 9.10. The molecule has 0 aromatic heterocycles. The highest BCUT2D eigenvalue weighted by atomic mass is 16.3. The fraction of sp³-hybridized carbons (Fsp3) is 1.00. The predicted molar refractivity (Wildman–Crippen MR) is 53.7 cm³/mol. The van der Waals surface area contributed by atoms with E-state index >= 15 is 0 Å². The molecule has 2 rings (SSSR count). The van der Waals surface area contributed by atoms with E-state index in [1.807, 2.05) is 0 Å². The van der Waals surface area contributed by atoms with Crippen LogP contribution in [-0.2, 0) is 0 Å². The Balaban J connectivity index is 1.78. The van der Waals surface area contributed by atoms with Crippen LogP contribution in [0.15, 0.2) is 0 Å². The van der Waals surface area contributed by atoms with Gasteiger partial charge in [-0.25, -0.2) is 0 Å². The highest BCUT2D eigenvalue weighted by Gasteiger charge is 2.26. The molecule has 0 bridgehead atoms. The molecular weight excluding hydrogens is 162 g/mol. The fourth-order valence-corrected chi connectivity index (χ4v) is 2.70. The zero-order valence-corrected chi connectivity index (χ0v) is 8.34. The molecule has 2 atom stereocenters. The average Bonchev–Trinajstić information content (AvgIpc) is 2.61. The molecule has 0 amide bonds. The van der Waals surface area contributed by atoms with Crippen molar-refractivity contribution in [1.29, 1.82) is 0 Å². The minimum Gasteiger partial charge on any atom is -0.392 e. The van der Waals surface area contributed by atoms with Crippen LogP contribution in [-0.4, -0.2) is 23.3 Å². The Morgan fingerprint density at radius 3 is 2.15 bits per heavy atom. The van der Waals surface area contributed by atoms with Crippen molar-refractivity contribution in [3.05, 3.63) is 0 Å². The Bertz CT molecular complexity index is 154. The van der Waals surface area contributed by atoms with Crippen LogP contribution in [0, 0.1) is 0 Å². The summed E-state index contributed by atoms with van der Waals surface area (Å²) < 4.78 is 0. The van der Waals surface area contributed by atoms with E-state index in [4.69, 9.17) is 0 Å². The van der Waals surface area contributed by atoms with E-state index in [1.54, 1.807) is 0 Å². The van der Waals surface area contributed by atoms with Crippen molar-refractivity contribution in [2.24, 2.45) is 0 Å². The zero-order valence-electron chi connectivity index (χ0n) is 8.34. The summed E-state index contributed by atoms with van der Waals surface area (Å²) in [5, 5.41) is 13.4. The quantitative estimate of drug-likeness (QED) is 0.684. The van der Waals surface area contributed by atoms with Crippen LogP contribution in [0.2, 0.25) is 0 Å². The third-order valence-electron chi connectivity index (χ3n) is 3.53. The van der Waals surface area contributed by atoms with Gasteiger partial charge in [-0.05, 0) is 25.7 Å². The molecule has 76 valence electrons. The average molecular weight is 183 g/mol. The molecule has 2 N–H and O–H groups in total. The summed E-state index contributed by atoms with van der Waals surface area (Å²) in [4.78, 5) is 0. The Morgan fingerprint density at radius 1 is 0.846 bits per heavy atom. The molecule has 0 radical (unpaired) electrons. The topological polar surface area (TPSA) is 32.3 Å². The van der Waals surface area contributed by atoms with Crippen molar-refractivity contribution in [3.8, 4) is 0 Å². The van der Waals surface area contributed by atoms with E-state index in [1.165, 1.54) is 44.9 Å². The van der Waals surface area contributed by atoms with Gasteiger partial charge in [-0.1, -0.05) is 25.7 Å². The smallest absolute Gasteiger partial charge is 0.0693 e. The Labute approximate surface area is 80.7 Å². The summed E-state index contributed by atoms with van der Waals surface area (Å²) in [6, 6.07) is 1.11. The molecule has 0 aliphatic heterocycles. The van der Waals surface area contributed by atoms with Crippen LogP contribution in [0.25, 0.3) is 0 Å². The van der Waals surface area contributed by atoms with E-state index < -0.39 is 0 Å². The third kappa shape index (κ3) is 2.44. The highest BCUT2D eigenvalue weighted by Crippen LogP contribution is 2.23. The van der Waals surface area contributed by atoms with E-state index in [0.717, 1.165) is 6.42 Å². The molecule has 0 aromatic carbocycles. The van der Waals surface area contributed by atoms with Crippen LogP contribution in [0.1, 0.15) is 51.4 Å². The SMILES string of the molecule is O[C@H]1CCCC[C@@H]1NC1CCCC1. The maximum Gasteiger partial charge on any atom is 0.0693 e. The van der Waals surface area contributed by atoms with Crippen molar-refractivity contribution >= 4 is 0 Å². The molecule has 0 spiro atoms. The molecule has 2 fully saturated rings. The number of rotatable bonds is 2. The first kappa shape index (κ1) is 9.47. The van der Waals surface area contributed by atoms with Crippen molar-refractivity contribution in [3.63, 3.8) is 0 Å². The second-order valence-corrected chi connectivity index (χ2v) is 4.61. The first-order chi connectivity index (χ1) is 6.36.